The Hall–Kier alpha value is -0.0800. The molecule has 0 bridgehead atoms. The van der Waals surface area contributed by atoms with Crippen LogP contribution in [0, 0.1) is 0 Å². The summed E-state index contributed by atoms with van der Waals surface area (Å²) in [6, 6.07) is 0.961. The molecule has 0 aromatic carbocycles. The summed E-state index contributed by atoms with van der Waals surface area (Å²) in [6.45, 7) is 4.34. The monoisotopic (exact) mass is 157 g/mol. The van der Waals surface area contributed by atoms with E-state index in [0.29, 0.717) is 12.1 Å². The Morgan fingerprint density at radius 3 is 2.36 bits per heavy atom. The van der Waals surface area contributed by atoms with Crippen LogP contribution in [0.4, 0.5) is 0 Å². The third-order valence-corrected chi connectivity index (χ3v) is 2.78. The number of rotatable bonds is 2. The number of hydrogen-bond acceptors (Lipinski definition) is 2. The Labute approximate surface area is 69.2 Å². The second-order valence-electron chi connectivity index (χ2n) is 3.82. The lowest BCUT2D eigenvalue weighted by atomic mass is 10.1. The zero-order chi connectivity index (χ0) is 8.43. The van der Waals surface area contributed by atoms with Crippen LogP contribution in [0.1, 0.15) is 33.1 Å². The van der Waals surface area contributed by atoms with Gasteiger partial charge in [-0.3, -0.25) is 4.90 Å². The fraction of sp³-hybridized carbons (Fsp3) is 1.00. The lowest BCUT2D eigenvalue weighted by molar-refractivity contribution is 0.0700. The molecule has 0 aliphatic heterocycles. The molecule has 1 fully saturated rings. The average Bonchev–Trinajstić information content (AvgIpc) is 2.33. The molecule has 0 aromatic heterocycles. The van der Waals surface area contributed by atoms with Crippen LogP contribution in [0.25, 0.3) is 0 Å². The van der Waals surface area contributed by atoms with Crippen molar-refractivity contribution in [3.8, 4) is 0 Å². The van der Waals surface area contributed by atoms with Gasteiger partial charge in [0.2, 0.25) is 0 Å². The normalized spacial score (nSPS) is 32.2. The highest BCUT2D eigenvalue weighted by Gasteiger charge is 2.29. The van der Waals surface area contributed by atoms with Gasteiger partial charge in [-0.05, 0) is 40.2 Å². The first-order chi connectivity index (χ1) is 5.13. The van der Waals surface area contributed by atoms with Crippen molar-refractivity contribution in [3.05, 3.63) is 0 Å². The van der Waals surface area contributed by atoms with Crippen molar-refractivity contribution < 1.29 is 5.11 Å². The van der Waals surface area contributed by atoms with Gasteiger partial charge in [0.05, 0.1) is 6.10 Å². The van der Waals surface area contributed by atoms with Crippen molar-refractivity contribution in [1.29, 1.82) is 0 Å². The third kappa shape index (κ3) is 1.94. The van der Waals surface area contributed by atoms with Crippen molar-refractivity contribution >= 4 is 0 Å². The van der Waals surface area contributed by atoms with Crippen LogP contribution in [-0.2, 0) is 0 Å². The van der Waals surface area contributed by atoms with E-state index in [-0.39, 0.29) is 6.10 Å². The fourth-order valence-electron chi connectivity index (χ4n) is 1.78. The minimum atomic E-state index is -0.0811. The maximum atomic E-state index is 9.57. The minimum Gasteiger partial charge on any atom is -0.391 e. The molecule has 2 atom stereocenters. The summed E-state index contributed by atoms with van der Waals surface area (Å²) in [7, 11) is 2.10. The Morgan fingerprint density at radius 1 is 1.36 bits per heavy atom. The van der Waals surface area contributed by atoms with Crippen molar-refractivity contribution in [2.75, 3.05) is 7.05 Å². The van der Waals surface area contributed by atoms with Crippen LogP contribution >= 0.6 is 0 Å². The first kappa shape index (κ1) is 9.01. The first-order valence-electron chi connectivity index (χ1n) is 4.53. The molecule has 1 rings (SSSR count). The van der Waals surface area contributed by atoms with Gasteiger partial charge in [-0.25, -0.2) is 0 Å². The highest BCUT2D eigenvalue weighted by molar-refractivity contribution is 4.84. The molecule has 11 heavy (non-hydrogen) atoms. The summed E-state index contributed by atoms with van der Waals surface area (Å²) in [4.78, 5) is 2.28. The van der Waals surface area contributed by atoms with E-state index >= 15 is 0 Å². The number of nitrogens with zero attached hydrogens (tertiary/aromatic N) is 1. The van der Waals surface area contributed by atoms with E-state index in [0.717, 1.165) is 12.8 Å². The summed E-state index contributed by atoms with van der Waals surface area (Å²) in [5, 5.41) is 9.57. The molecule has 66 valence electrons. The van der Waals surface area contributed by atoms with Crippen molar-refractivity contribution in [2.24, 2.45) is 0 Å². The second-order valence-corrected chi connectivity index (χ2v) is 3.82. The summed E-state index contributed by atoms with van der Waals surface area (Å²) < 4.78 is 0. The third-order valence-electron chi connectivity index (χ3n) is 2.78. The molecule has 1 N–H and O–H groups in total. The molecular formula is C9H19NO. The quantitative estimate of drug-likeness (QED) is 0.652. The lowest BCUT2D eigenvalue weighted by Gasteiger charge is -2.30. The van der Waals surface area contributed by atoms with E-state index < -0.39 is 0 Å². The Kier molecular flexibility index (Phi) is 2.90. The maximum absolute atomic E-state index is 9.57. The molecule has 1 aliphatic rings. The van der Waals surface area contributed by atoms with Crippen molar-refractivity contribution in [3.63, 3.8) is 0 Å². The summed E-state index contributed by atoms with van der Waals surface area (Å²) in [5.74, 6) is 0. The Balaban J connectivity index is 2.45. The molecule has 0 aromatic rings. The molecule has 0 radical (unpaired) electrons. The van der Waals surface area contributed by atoms with Crippen LogP contribution in [0.3, 0.4) is 0 Å². The van der Waals surface area contributed by atoms with Gasteiger partial charge in [0.15, 0.2) is 0 Å². The van der Waals surface area contributed by atoms with Gasteiger partial charge >= 0.3 is 0 Å². The summed E-state index contributed by atoms with van der Waals surface area (Å²) >= 11 is 0. The largest absolute Gasteiger partial charge is 0.391 e. The van der Waals surface area contributed by atoms with E-state index in [9.17, 15) is 5.11 Å². The molecular weight excluding hydrogens is 138 g/mol. The van der Waals surface area contributed by atoms with Gasteiger partial charge in [-0.15, -0.1) is 0 Å². The summed E-state index contributed by atoms with van der Waals surface area (Å²) in [5.41, 5.74) is 0. The van der Waals surface area contributed by atoms with Gasteiger partial charge in [-0.2, -0.15) is 0 Å². The van der Waals surface area contributed by atoms with Crippen molar-refractivity contribution in [2.45, 2.75) is 51.3 Å². The van der Waals surface area contributed by atoms with Crippen LogP contribution in [0.5, 0.6) is 0 Å². The maximum Gasteiger partial charge on any atom is 0.0695 e. The Morgan fingerprint density at radius 2 is 2.00 bits per heavy atom. The Bertz CT molecular complexity index is 125. The number of hydrogen-bond donors (Lipinski definition) is 1. The molecule has 0 spiro atoms. The molecule has 0 unspecified atom stereocenters. The van der Waals surface area contributed by atoms with Gasteiger partial charge in [0.25, 0.3) is 0 Å². The first-order valence-corrected chi connectivity index (χ1v) is 4.53. The predicted molar refractivity (Wildman–Crippen MR) is 46.5 cm³/mol. The van der Waals surface area contributed by atoms with E-state index in [4.69, 9.17) is 0 Å². The zero-order valence-electron chi connectivity index (χ0n) is 7.75. The standard InChI is InChI=1S/C9H19NO/c1-7(2)10(3)8-5-4-6-9(8)11/h7-9,11H,4-6H2,1-3H3/t8-,9-/m1/s1. The molecule has 2 heteroatoms. The van der Waals surface area contributed by atoms with Crippen molar-refractivity contribution in [1.82, 2.24) is 4.90 Å². The van der Waals surface area contributed by atoms with Crippen LogP contribution in [0.2, 0.25) is 0 Å². The van der Waals surface area contributed by atoms with E-state index in [1.54, 1.807) is 0 Å². The minimum absolute atomic E-state index is 0.0811. The topological polar surface area (TPSA) is 23.5 Å². The molecule has 1 saturated carbocycles. The number of likely N-dealkylation sites (N-methyl/N-ethyl adjacent to an activating group) is 1. The van der Waals surface area contributed by atoms with Crippen LogP contribution < -0.4 is 0 Å². The smallest absolute Gasteiger partial charge is 0.0695 e. The molecule has 0 amide bonds. The van der Waals surface area contributed by atoms with Gasteiger partial charge < -0.3 is 5.11 Å². The zero-order valence-corrected chi connectivity index (χ0v) is 7.75. The van der Waals surface area contributed by atoms with E-state index in [1.165, 1.54) is 6.42 Å². The fourth-order valence-corrected chi connectivity index (χ4v) is 1.78. The molecule has 0 saturated heterocycles. The van der Waals surface area contributed by atoms with Gasteiger partial charge in [-0.1, -0.05) is 0 Å². The molecule has 2 nitrogen and oxygen atoms in total. The molecule has 1 aliphatic carbocycles. The SMILES string of the molecule is CC(C)N(C)[C@@H]1CCC[C@H]1O. The van der Waals surface area contributed by atoms with Gasteiger partial charge in [0.1, 0.15) is 0 Å². The number of aliphatic hydroxyl groups excluding tert-OH is 1. The highest BCUT2D eigenvalue weighted by atomic mass is 16.3. The van der Waals surface area contributed by atoms with E-state index in [2.05, 4.69) is 25.8 Å². The second kappa shape index (κ2) is 3.55. The van der Waals surface area contributed by atoms with Crippen LogP contribution in [-0.4, -0.2) is 35.2 Å². The molecule has 0 heterocycles. The predicted octanol–water partition coefficient (Wildman–Crippen LogP) is 1.24. The summed E-state index contributed by atoms with van der Waals surface area (Å²) in [6.07, 6.45) is 3.25. The van der Waals surface area contributed by atoms with Crippen LogP contribution in [0.15, 0.2) is 0 Å². The average molecular weight is 157 g/mol. The highest BCUT2D eigenvalue weighted by Crippen LogP contribution is 2.24. The lowest BCUT2D eigenvalue weighted by Crippen LogP contribution is -2.41. The van der Waals surface area contributed by atoms with Gasteiger partial charge in [0, 0.05) is 12.1 Å². The van der Waals surface area contributed by atoms with E-state index in [1.807, 2.05) is 0 Å². The number of aliphatic hydroxyl groups is 1.